The third kappa shape index (κ3) is 1.39. The molecule has 1 aromatic carbocycles. The number of fused-ring (bicyclic) bond motifs is 1. The molecular weight excluding hydrogens is 198 g/mol. The fourth-order valence-electron chi connectivity index (χ4n) is 1.36. The second-order valence-corrected chi connectivity index (χ2v) is 2.83. The zero-order chi connectivity index (χ0) is 10.8. The Morgan fingerprint density at radius 1 is 1.33 bits per heavy atom. The van der Waals surface area contributed by atoms with Crippen molar-refractivity contribution in [2.75, 3.05) is 14.2 Å². The number of esters is 1. The first kappa shape index (κ1) is 9.45. The number of carbonyl (C=O) groups excluding carboxylic acids is 1. The second-order valence-electron chi connectivity index (χ2n) is 2.83. The molecule has 1 heterocycles. The lowest BCUT2D eigenvalue weighted by Crippen LogP contribution is -2.05. The quantitative estimate of drug-likeness (QED) is 0.735. The molecule has 0 radical (unpaired) electrons. The maximum Gasteiger partial charge on any atom is 0.344 e. The van der Waals surface area contributed by atoms with Crippen LogP contribution >= 0.6 is 0 Å². The molecule has 15 heavy (non-hydrogen) atoms. The number of aromatic nitrogens is 3. The van der Waals surface area contributed by atoms with Crippen LogP contribution < -0.4 is 4.74 Å². The van der Waals surface area contributed by atoms with Gasteiger partial charge in [0.25, 0.3) is 0 Å². The van der Waals surface area contributed by atoms with Crippen LogP contribution in [0.15, 0.2) is 12.1 Å². The highest BCUT2D eigenvalue weighted by Crippen LogP contribution is 2.25. The number of methoxy groups -OCH3 is 2. The largest absolute Gasteiger partial charge is 0.496 e. The Morgan fingerprint density at radius 2 is 2.13 bits per heavy atom. The third-order valence-electron chi connectivity index (χ3n) is 2.06. The van der Waals surface area contributed by atoms with Gasteiger partial charge in [-0.05, 0) is 12.1 Å². The van der Waals surface area contributed by atoms with Crippen LogP contribution in [0, 0.1) is 0 Å². The minimum absolute atomic E-state index is 0.284. The third-order valence-corrected chi connectivity index (χ3v) is 2.06. The number of benzene rings is 1. The molecule has 2 rings (SSSR count). The van der Waals surface area contributed by atoms with Crippen molar-refractivity contribution < 1.29 is 14.3 Å². The molecule has 1 aromatic heterocycles. The Bertz CT molecular complexity index is 506. The molecule has 2 aromatic rings. The Kier molecular flexibility index (Phi) is 2.24. The van der Waals surface area contributed by atoms with Gasteiger partial charge in [-0.2, -0.15) is 15.4 Å². The van der Waals surface area contributed by atoms with E-state index in [1.54, 1.807) is 12.1 Å². The van der Waals surface area contributed by atoms with Gasteiger partial charge in [0.1, 0.15) is 22.3 Å². The fourth-order valence-corrected chi connectivity index (χ4v) is 1.36. The molecule has 0 amide bonds. The fraction of sp³-hybridized carbons (Fsp3) is 0.222. The van der Waals surface area contributed by atoms with Gasteiger partial charge < -0.3 is 9.47 Å². The lowest BCUT2D eigenvalue weighted by atomic mass is 10.1. The predicted octanol–water partition coefficient (Wildman–Crippen LogP) is 0.753. The molecule has 0 spiro atoms. The Balaban J connectivity index is 2.74. The summed E-state index contributed by atoms with van der Waals surface area (Å²) < 4.78 is 9.72. The molecule has 0 saturated carbocycles. The van der Waals surface area contributed by atoms with Gasteiger partial charge in [0, 0.05) is 0 Å². The van der Waals surface area contributed by atoms with Crippen LogP contribution in [-0.4, -0.2) is 35.6 Å². The summed E-state index contributed by atoms with van der Waals surface area (Å²) in [5, 5.41) is 10.2. The van der Waals surface area contributed by atoms with E-state index in [9.17, 15) is 4.79 Å². The molecule has 1 N–H and O–H groups in total. The second kappa shape index (κ2) is 3.56. The van der Waals surface area contributed by atoms with Crippen LogP contribution in [0.25, 0.3) is 11.0 Å². The van der Waals surface area contributed by atoms with Gasteiger partial charge in [0.15, 0.2) is 0 Å². The molecular formula is C9H9N3O3. The monoisotopic (exact) mass is 207 g/mol. The summed E-state index contributed by atoms with van der Waals surface area (Å²) in [5.41, 5.74) is 1.32. The van der Waals surface area contributed by atoms with Crippen molar-refractivity contribution in [3.05, 3.63) is 17.7 Å². The molecule has 0 aliphatic heterocycles. The summed E-state index contributed by atoms with van der Waals surface area (Å²) in [5.74, 6) is -0.0744. The highest BCUT2D eigenvalue weighted by Gasteiger charge is 2.19. The van der Waals surface area contributed by atoms with E-state index in [0.29, 0.717) is 16.8 Å². The van der Waals surface area contributed by atoms with Crippen LogP contribution in [-0.2, 0) is 4.74 Å². The van der Waals surface area contributed by atoms with Crippen molar-refractivity contribution in [1.29, 1.82) is 0 Å². The summed E-state index contributed by atoms with van der Waals surface area (Å²) in [6, 6.07) is 3.36. The number of hydrogen-bond donors (Lipinski definition) is 1. The van der Waals surface area contributed by atoms with E-state index in [0.717, 1.165) is 0 Å². The predicted molar refractivity (Wildman–Crippen MR) is 51.8 cm³/mol. The van der Waals surface area contributed by atoms with Gasteiger partial charge in [-0.15, -0.1) is 0 Å². The average Bonchev–Trinajstić information content (AvgIpc) is 2.74. The van der Waals surface area contributed by atoms with Crippen molar-refractivity contribution in [2.45, 2.75) is 0 Å². The van der Waals surface area contributed by atoms with Crippen LogP contribution in [0.5, 0.6) is 5.75 Å². The van der Waals surface area contributed by atoms with Crippen molar-refractivity contribution in [3.8, 4) is 5.75 Å². The maximum absolute atomic E-state index is 11.5. The molecule has 0 unspecified atom stereocenters. The lowest BCUT2D eigenvalue weighted by Gasteiger charge is -2.05. The molecule has 0 bridgehead atoms. The van der Waals surface area contributed by atoms with E-state index in [-0.39, 0.29) is 5.56 Å². The van der Waals surface area contributed by atoms with Gasteiger partial charge in [0.2, 0.25) is 0 Å². The first-order chi connectivity index (χ1) is 7.27. The van der Waals surface area contributed by atoms with Crippen LogP contribution in [0.3, 0.4) is 0 Å². The molecule has 78 valence electrons. The Labute approximate surface area is 85.2 Å². The highest BCUT2D eigenvalue weighted by atomic mass is 16.5. The van der Waals surface area contributed by atoms with Gasteiger partial charge in [0.05, 0.1) is 14.2 Å². The molecule has 6 heteroatoms. The summed E-state index contributed by atoms with van der Waals surface area (Å²) in [6.07, 6.45) is 0. The van der Waals surface area contributed by atoms with Gasteiger partial charge in [-0.1, -0.05) is 0 Å². The number of aromatic amines is 1. The van der Waals surface area contributed by atoms with Crippen LogP contribution in [0.2, 0.25) is 0 Å². The minimum Gasteiger partial charge on any atom is -0.496 e. The summed E-state index contributed by atoms with van der Waals surface area (Å²) in [7, 11) is 2.79. The molecule has 0 aliphatic carbocycles. The Hall–Kier alpha value is -2.11. The van der Waals surface area contributed by atoms with Crippen molar-refractivity contribution in [2.24, 2.45) is 0 Å². The zero-order valence-electron chi connectivity index (χ0n) is 8.27. The van der Waals surface area contributed by atoms with Gasteiger partial charge in [-0.25, -0.2) is 4.79 Å². The zero-order valence-corrected chi connectivity index (χ0v) is 8.27. The molecule has 0 saturated heterocycles. The maximum atomic E-state index is 11.5. The van der Waals surface area contributed by atoms with Crippen molar-refractivity contribution >= 4 is 17.0 Å². The summed E-state index contributed by atoms with van der Waals surface area (Å²) in [4.78, 5) is 11.5. The van der Waals surface area contributed by atoms with Crippen molar-refractivity contribution in [3.63, 3.8) is 0 Å². The smallest absolute Gasteiger partial charge is 0.344 e. The Morgan fingerprint density at radius 3 is 2.80 bits per heavy atom. The van der Waals surface area contributed by atoms with E-state index in [1.807, 2.05) is 0 Å². The van der Waals surface area contributed by atoms with E-state index < -0.39 is 5.97 Å². The number of nitrogens with zero attached hydrogens (tertiary/aromatic N) is 2. The number of ether oxygens (including phenoxy) is 2. The molecule has 6 nitrogen and oxygen atoms in total. The topological polar surface area (TPSA) is 77.1 Å². The number of H-pyrrole nitrogens is 1. The number of hydrogen-bond acceptors (Lipinski definition) is 5. The van der Waals surface area contributed by atoms with Crippen LogP contribution in [0.4, 0.5) is 0 Å². The number of nitrogens with one attached hydrogen (secondary N) is 1. The SMILES string of the molecule is COC(=O)c1c(OC)ccc2n[nH]nc12. The van der Waals surface area contributed by atoms with E-state index in [1.165, 1.54) is 14.2 Å². The average molecular weight is 207 g/mol. The number of carbonyl (C=O) groups is 1. The minimum atomic E-state index is -0.494. The number of rotatable bonds is 2. The van der Waals surface area contributed by atoms with E-state index in [4.69, 9.17) is 4.74 Å². The summed E-state index contributed by atoms with van der Waals surface area (Å²) in [6.45, 7) is 0. The van der Waals surface area contributed by atoms with Crippen LogP contribution in [0.1, 0.15) is 10.4 Å². The van der Waals surface area contributed by atoms with Gasteiger partial charge >= 0.3 is 5.97 Å². The molecule has 0 fully saturated rings. The standard InChI is InChI=1S/C9H9N3O3/c1-14-6-4-3-5-8(11-12-10-5)7(6)9(13)15-2/h3-4H,1-2H3,(H,10,11,12). The molecule has 0 atom stereocenters. The lowest BCUT2D eigenvalue weighted by molar-refractivity contribution is 0.0599. The summed E-state index contributed by atoms with van der Waals surface area (Å²) >= 11 is 0. The normalized spacial score (nSPS) is 10.3. The van der Waals surface area contributed by atoms with E-state index >= 15 is 0 Å². The first-order valence-corrected chi connectivity index (χ1v) is 4.23. The van der Waals surface area contributed by atoms with E-state index in [2.05, 4.69) is 20.1 Å². The first-order valence-electron chi connectivity index (χ1n) is 4.23. The van der Waals surface area contributed by atoms with Crippen molar-refractivity contribution in [1.82, 2.24) is 15.4 Å². The highest BCUT2D eigenvalue weighted by molar-refractivity contribution is 6.04. The van der Waals surface area contributed by atoms with Gasteiger partial charge in [-0.3, -0.25) is 0 Å². The molecule has 0 aliphatic rings.